The van der Waals surface area contributed by atoms with Gasteiger partial charge in [0.2, 0.25) is 0 Å². The van der Waals surface area contributed by atoms with Gasteiger partial charge in [0.25, 0.3) is 0 Å². The summed E-state index contributed by atoms with van der Waals surface area (Å²) in [7, 11) is 0. The summed E-state index contributed by atoms with van der Waals surface area (Å²) in [6.45, 7) is 13.2. The third-order valence-corrected chi connectivity index (χ3v) is 4.84. The van der Waals surface area contributed by atoms with Crippen LogP contribution in [0, 0.1) is 11.8 Å². The zero-order valence-electron chi connectivity index (χ0n) is 12.8. The van der Waals surface area contributed by atoms with Crippen LogP contribution in [0.2, 0.25) is 0 Å². The molecule has 0 radical (unpaired) electrons. The summed E-state index contributed by atoms with van der Waals surface area (Å²) in [5, 5.41) is 3.93. The predicted molar refractivity (Wildman–Crippen MR) is 78.9 cm³/mol. The lowest BCUT2D eigenvalue weighted by Gasteiger charge is -2.51. The van der Waals surface area contributed by atoms with Crippen LogP contribution in [0.5, 0.6) is 0 Å². The number of hydrogen-bond donors (Lipinski definition) is 1. The van der Waals surface area contributed by atoms with Crippen molar-refractivity contribution in [1.29, 1.82) is 0 Å². The lowest BCUT2D eigenvalue weighted by atomic mass is 9.78. The average Bonchev–Trinajstić information content (AvgIpc) is 2.28. The molecule has 0 aromatic carbocycles. The molecule has 2 aliphatic rings. The Kier molecular flexibility index (Phi) is 4.71. The van der Waals surface area contributed by atoms with E-state index in [1.165, 1.54) is 51.7 Å². The summed E-state index contributed by atoms with van der Waals surface area (Å²) in [6, 6.07) is 0.736. The molecule has 1 unspecified atom stereocenters. The quantitative estimate of drug-likeness (QED) is 0.829. The second-order valence-corrected chi connectivity index (χ2v) is 7.36. The molecule has 1 N–H and O–H groups in total. The molecule has 1 atom stereocenters. The van der Waals surface area contributed by atoms with Gasteiger partial charge in [-0.2, -0.15) is 0 Å². The van der Waals surface area contributed by atoms with Crippen molar-refractivity contribution in [3.63, 3.8) is 0 Å². The zero-order chi connectivity index (χ0) is 13.2. The van der Waals surface area contributed by atoms with Gasteiger partial charge >= 0.3 is 0 Å². The Hall–Kier alpha value is -0.0800. The van der Waals surface area contributed by atoms with Gasteiger partial charge < -0.3 is 5.32 Å². The number of piperazine rings is 1. The number of nitrogens with zero attached hydrogens (tertiary/aromatic N) is 1. The minimum Gasteiger partial charge on any atom is -0.308 e. The maximum atomic E-state index is 3.93. The lowest BCUT2D eigenvalue weighted by Crippen LogP contribution is -2.66. The fourth-order valence-electron chi connectivity index (χ4n) is 3.90. The van der Waals surface area contributed by atoms with Gasteiger partial charge in [-0.25, -0.2) is 0 Å². The lowest BCUT2D eigenvalue weighted by molar-refractivity contribution is 0.0290. The molecule has 0 bridgehead atoms. The van der Waals surface area contributed by atoms with Gasteiger partial charge in [-0.1, -0.05) is 47.0 Å². The molecular weight excluding hydrogens is 220 g/mol. The minimum atomic E-state index is 0.457. The van der Waals surface area contributed by atoms with E-state index >= 15 is 0 Å². The van der Waals surface area contributed by atoms with Gasteiger partial charge in [0.15, 0.2) is 0 Å². The molecule has 1 spiro atoms. The van der Waals surface area contributed by atoms with Crippen LogP contribution >= 0.6 is 0 Å². The van der Waals surface area contributed by atoms with Crippen LogP contribution in [0.15, 0.2) is 0 Å². The second kappa shape index (κ2) is 5.92. The van der Waals surface area contributed by atoms with Crippen molar-refractivity contribution in [1.82, 2.24) is 10.2 Å². The van der Waals surface area contributed by atoms with E-state index in [0.29, 0.717) is 5.54 Å². The van der Waals surface area contributed by atoms with E-state index in [1.807, 2.05) is 0 Å². The number of nitrogens with one attached hydrogen (secondary N) is 1. The SMILES string of the molecule is CC(C)CN1CC2(CCCCC2)NCC1C(C)C. The molecule has 18 heavy (non-hydrogen) atoms. The Balaban J connectivity index is 2.04. The third-order valence-electron chi connectivity index (χ3n) is 4.84. The average molecular weight is 252 g/mol. The molecule has 106 valence electrons. The van der Waals surface area contributed by atoms with Gasteiger partial charge in [-0.05, 0) is 24.7 Å². The number of hydrogen-bond acceptors (Lipinski definition) is 2. The molecule has 0 amide bonds. The van der Waals surface area contributed by atoms with E-state index in [1.54, 1.807) is 0 Å². The molecule has 1 aliphatic carbocycles. The van der Waals surface area contributed by atoms with Crippen molar-refractivity contribution in [2.45, 2.75) is 71.4 Å². The highest BCUT2D eigenvalue weighted by molar-refractivity contribution is 5.00. The molecule has 2 heteroatoms. The van der Waals surface area contributed by atoms with Gasteiger partial charge in [-0.15, -0.1) is 0 Å². The van der Waals surface area contributed by atoms with Crippen LogP contribution in [0.4, 0.5) is 0 Å². The summed E-state index contributed by atoms with van der Waals surface area (Å²) in [5.41, 5.74) is 0.457. The molecule has 0 aromatic heterocycles. The Bertz CT molecular complexity index is 254. The normalized spacial score (nSPS) is 29.3. The maximum Gasteiger partial charge on any atom is 0.0309 e. The van der Waals surface area contributed by atoms with E-state index in [4.69, 9.17) is 0 Å². The van der Waals surface area contributed by atoms with Crippen LogP contribution in [-0.2, 0) is 0 Å². The van der Waals surface area contributed by atoms with Crippen molar-refractivity contribution in [2.24, 2.45) is 11.8 Å². The van der Waals surface area contributed by atoms with E-state index in [-0.39, 0.29) is 0 Å². The topological polar surface area (TPSA) is 15.3 Å². The smallest absolute Gasteiger partial charge is 0.0309 e. The highest BCUT2D eigenvalue weighted by atomic mass is 15.3. The summed E-state index contributed by atoms with van der Waals surface area (Å²) in [4.78, 5) is 2.79. The monoisotopic (exact) mass is 252 g/mol. The van der Waals surface area contributed by atoms with Crippen molar-refractivity contribution >= 4 is 0 Å². The molecule has 2 rings (SSSR count). The van der Waals surface area contributed by atoms with Crippen LogP contribution in [-0.4, -0.2) is 36.1 Å². The van der Waals surface area contributed by atoms with E-state index in [9.17, 15) is 0 Å². The Morgan fingerprint density at radius 3 is 2.33 bits per heavy atom. The molecule has 0 aromatic rings. The van der Waals surface area contributed by atoms with Crippen LogP contribution in [0.3, 0.4) is 0 Å². The maximum absolute atomic E-state index is 3.93. The number of rotatable bonds is 3. The molecule has 1 aliphatic heterocycles. The first-order valence-electron chi connectivity index (χ1n) is 8.01. The van der Waals surface area contributed by atoms with Gasteiger partial charge in [0, 0.05) is 31.2 Å². The first kappa shape index (κ1) is 14.3. The third kappa shape index (κ3) is 3.27. The molecular formula is C16H32N2. The highest BCUT2D eigenvalue weighted by Gasteiger charge is 2.40. The van der Waals surface area contributed by atoms with E-state index < -0.39 is 0 Å². The fourth-order valence-corrected chi connectivity index (χ4v) is 3.90. The molecule has 1 saturated carbocycles. The van der Waals surface area contributed by atoms with Gasteiger partial charge in [-0.3, -0.25) is 4.90 Å². The molecule has 1 heterocycles. The highest BCUT2D eigenvalue weighted by Crippen LogP contribution is 2.33. The summed E-state index contributed by atoms with van der Waals surface area (Å²) in [5.74, 6) is 1.54. The van der Waals surface area contributed by atoms with Crippen LogP contribution in [0.1, 0.15) is 59.8 Å². The Morgan fingerprint density at radius 1 is 1.11 bits per heavy atom. The minimum absolute atomic E-state index is 0.457. The second-order valence-electron chi connectivity index (χ2n) is 7.36. The summed E-state index contributed by atoms with van der Waals surface area (Å²) >= 11 is 0. The standard InChI is InChI=1S/C16H32N2/c1-13(2)11-18-12-16(8-6-5-7-9-16)17-10-15(18)14(3)4/h13-15,17H,5-12H2,1-4H3. The van der Waals surface area contributed by atoms with E-state index in [0.717, 1.165) is 17.9 Å². The van der Waals surface area contributed by atoms with Gasteiger partial charge in [0.1, 0.15) is 0 Å². The van der Waals surface area contributed by atoms with Crippen molar-refractivity contribution < 1.29 is 0 Å². The van der Waals surface area contributed by atoms with Gasteiger partial charge in [0.05, 0.1) is 0 Å². The Morgan fingerprint density at radius 2 is 1.78 bits per heavy atom. The van der Waals surface area contributed by atoms with Crippen molar-refractivity contribution in [2.75, 3.05) is 19.6 Å². The summed E-state index contributed by atoms with van der Waals surface area (Å²) < 4.78 is 0. The predicted octanol–water partition coefficient (Wildman–Crippen LogP) is 3.28. The van der Waals surface area contributed by atoms with Crippen molar-refractivity contribution in [3.8, 4) is 0 Å². The van der Waals surface area contributed by atoms with Crippen molar-refractivity contribution in [3.05, 3.63) is 0 Å². The first-order valence-corrected chi connectivity index (χ1v) is 8.01. The van der Waals surface area contributed by atoms with Crippen LogP contribution < -0.4 is 5.32 Å². The molecule has 2 fully saturated rings. The molecule has 2 nitrogen and oxygen atoms in total. The largest absolute Gasteiger partial charge is 0.308 e. The Labute approximate surface area is 114 Å². The molecule has 1 saturated heterocycles. The summed E-state index contributed by atoms with van der Waals surface area (Å²) in [6.07, 6.45) is 7.09. The van der Waals surface area contributed by atoms with Crippen LogP contribution in [0.25, 0.3) is 0 Å². The fraction of sp³-hybridized carbons (Fsp3) is 1.00. The zero-order valence-corrected chi connectivity index (χ0v) is 12.8. The first-order chi connectivity index (χ1) is 8.52. The van der Waals surface area contributed by atoms with E-state index in [2.05, 4.69) is 37.9 Å².